The summed E-state index contributed by atoms with van der Waals surface area (Å²) < 4.78 is 23.6. The number of ether oxygens (including phenoxy) is 1. The zero-order valence-corrected chi connectivity index (χ0v) is 10.9. The first kappa shape index (κ1) is 13.3. The first-order chi connectivity index (χ1) is 9.13. The number of nitrogens with one attached hydrogen (secondary N) is 2. The van der Waals surface area contributed by atoms with Crippen molar-refractivity contribution >= 4 is 11.7 Å². The first-order valence-corrected chi connectivity index (χ1v) is 5.75. The Morgan fingerprint density at radius 1 is 1.37 bits per heavy atom. The van der Waals surface area contributed by atoms with Gasteiger partial charge in [-0.25, -0.2) is 4.39 Å². The predicted molar refractivity (Wildman–Crippen MR) is 68.0 cm³/mol. The Kier molecular flexibility index (Phi) is 3.96. The Morgan fingerprint density at radius 3 is 2.84 bits per heavy atom. The number of nitrogens with zero attached hydrogens (tertiary/aromatic N) is 2. The van der Waals surface area contributed by atoms with Crippen molar-refractivity contribution in [1.29, 1.82) is 0 Å². The monoisotopic (exact) mass is 266 g/mol. The summed E-state index contributed by atoms with van der Waals surface area (Å²) in [6, 6.07) is 4.31. The lowest BCUT2D eigenvalue weighted by atomic mass is 10.3. The largest absolute Gasteiger partial charge is 0.494 e. The molecule has 7 heteroatoms. The van der Waals surface area contributed by atoms with Gasteiger partial charge in [-0.05, 0) is 26.1 Å². The highest BCUT2D eigenvalue weighted by Crippen LogP contribution is 2.28. The lowest BCUT2D eigenvalue weighted by Crippen LogP contribution is -2.12. The molecule has 2 rings (SSSR count). The molecule has 0 fully saturated rings. The average molecular weight is 266 g/mol. The molecule has 1 aromatic carbocycles. The van der Waals surface area contributed by atoms with Crippen LogP contribution in [0.25, 0.3) is 0 Å². The van der Waals surface area contributed by atoms with E-state index in [9.17, 15) is 4.39 Å². The molecular formula is C12H15FN4O2. The number of aromatic nitrogens is 2. The lowest BCUT2D eigenvalue weighted by molar-refractivity contribution is 0.412. The number of anilines is 2. The van der Waals surface area contributed by atoms with Gasteiger partial charge < -0.3 is 19.8 Å². The van der Waals surface area contributed by atoms with Crippen LogP contribution in [-0.2, 0) is 0 Å². The molecule has 0 saturated carbocycles. The van der Waals surface area contributed by atoms with Crippen molar-refractivity contribution in [2.45, 2.75) is 13.0 Å². The van der Waals surface area contributed by atoms with E-state index in [1.54, 1.807) is 13.1 Å². The van der Waals surface area contributed by atoms with Crippen LogP contribution in [0, 0.1) is 5.82 Å². The molecule has 6 nitrogen and oxygen atoms in total. The Morgan fingerprint density at radius 2 is 2.16 bits per heavy atom. The highest BCUT2D eigenvalue weighted by atomic mass is 19.1. The van der Waals surface area contributed by atoms with E-state index in [1.165, 1.54) is 19.2 Å². The molecule has 0 aliphatic rings. The average Bonchev–Trinajstić information content (AvgIpc) is 2.88. The van der Waals surface area contributed by atoms with Crippen LogP contribution in [0.1, 0.15) is 18.9 Å². The third-order valence-corrected chi connectivity index (χ3v) is 2.65. The topological polar surface area (TPSA) is 72.2 Å². The number of hydrogen-bond acceptors (Lipinski definition) is 6. The highest BCUT2D eigenvalue weighted by Gasteiger charge is 2.13. The van der Waals surface area contributed by atoms with Gasteiger partial charge in [0, 0.05) is 6.07 Å². The number of benzene rings is 1. The predicted octanol–water partition coefficient (Wildman–Crippen LogP) is 2.24. The van der Waals surface area contributed by atoms with E-state index < -0.39 is 0 Å². The van der Waals surface area contributed by atoms with Crippen LogP contribution in [0.3, 0.4) is 0 Å². The van der Waals surface area contributed by atoms with Gasteiger partial charge >= 0.3 is 6.01 Å². The smallest absolute Gasteiger partial charge is 0.320 e. The van der Waals surface area contributed by atoms with Crippen LogP contribution in [0.15, 0.2) is 22.6 Å². The van der Waals surface area contributed by atoms with Gasteiger partial charge in [-0.3, -0.25) is 0 Å². The van der Waals surface area contributed by atoms with Gasteiger partial charge in [0.2, 0.25) is 5.89 Å². The molecule has 19 heavy (non-hydrogen) atoms. The molecule has 0 aliphatic carbocycles. The fourth-order valence-electron chi connectivity index (χ4n) is 1.47. The van der Waals surface area contributed by atoms with Crippen LogP contribution < -0.4 is 15.4 Å². The summed E-state index contributed by atoms with van der Waals surface area (Å²) in [6.07, 6.45) is 0. The van der Waals surface area contributed by atoms with Gasteiger partial charge in [0.25, 0.3) is 0 Å². The molecule has 0 aliphatic heterocycles. The fraction of sp³-hybridized carbons (Fsp3) is 0.333. The quantitative estimate of drug-likeness (QED) is 0.864. The van der Waals surface area contributed by atoms with E-state index in [-0.39, 0.29) is 17.9 Å². The zero-order valence-electron chi connectivity index (χ0n) is 10.9. The van der Waals surface area contributed by atoms with Crippen molar-refractivity contribution in [1.82, 2.24) is 15.5 Å². The summed E-state index contributed by atoms with van der Waals surface area (Å²) in [5.41, 5.74) is 0.552. The molecule has 1 unspecified atom stereocenters. The lowest BCUT2D eigenvalue weighted by Gasteiger charge is -2.08. The minimum absolute atomic E-state index is 0.0434. The Labute approximate surface area is 110 Å². The van der Waals surface area contributed by atoms with Crippen LogP contribution in [0.5, 0.6) is 5.75 Å². The Bertz CT molecular complexity index is 558. The second-order valence-corrected chi connectivity index (χ2v) is 3.93. The maximum Gasteiger partial charge on any atom is 0.320 e. The van der Waals surface area contributed by atoms with Crippen molar-refractivity contribution in [3.63, 3.8) is 0 Å². The third-order valence-electron chi connectivity index (χ3n) is 2.65. The molecule has 0 amide bonds. The van der Waals surface area contributed by atoms with E-state index in [1.807, 2.05) is 6.92 Å². The molecule has 102 valence electrons. The van der Waals surface area contributed by atoms with E-state index in [2.05, 4.69) is 20.8 Å². The third kappa shape index (κ3) is 3.00. The molecule has 0 radical (unpaired) electrons. The minimum atomic E-state index is -0.377. The standard InChI is InChI=1S/C12H15FN4O2/c1-7(14-2)11-16-17-12(19-11)15-9-5-4-8(13)6-10(9)18-3/h4-7,14H,1-3H3,(H,15,17). The molecule has 0 bridgehead atoms. The summed E-state index contributed by atoms with van der Waals surface area (Å²) in [4.78, 5) is 0. The molecule has 1 heterocycles. The summed E-state index contributed by atoms with van der Waals surface area (Å²) in [7, 11) is 3.26. The van der Waals surface area contributed by atoms with Gasteiger partial charge in [0.1, 0.15) is 11.6 Å². The van der Waals surface area contributed by atoms with Gasteiger partial charge in [0.05, 0.1) is 18.8 Å². The van der Waals surface area contributed by atoms with Crippen molar-refractivity contribution in [2.75, 3.05) is 19.5 Å². The second-order valence-electron chi connectivity index (χ2n) is 3.93. The van der Waals surface area contributed by atoms with E-state index in [0.717, 1.165) is 0 Å². The van der Waals surface area contributed by atoms with Gasteiger partial charge in [-0.1, -0.05) is 5.10 Å². The van der Waals surface area contributed by atoms with Crippen LogP contribution in [0.2, 0.25) is 0 Å². The van der Waals surface area contributed by atoms with Gasteiger partial charge in [-0.15, -0.1) is 5.10 Å². The summed E-state index contributed by atoms with van der Waals surface area (Å²) >= 11 is 0. The Balaban J connectivity index is 2.19. The van der Waals surface area contributed by atoms with Crippen molar-refractivity contribution < 1.29 is 13.5 Å². The SMILES string of the molecule is CNC(C)c1nnc(Nc2ccc(F)cc2OC)o1. The molecule has 0 saturated heterocycles. The molecule has 0 spiro atoms. The number of rotatable bonds is 5. The molecule has 2 aromatic rings. The number of halogens is 1. The first-order valence-electron chi connectivity index (χ1n) is 5.75. The van der Waals surface area contributed by atoms with Crippen LogP contribution in [-0.4, -0.2) is 24.4 Å². The fourth-order valence-corrected chi connectivity index (χ4v) is 1.47. The van der Waals surface area contributed by atoms with E-state index in [0.29, 0.717) is 17.3 Å². The Hall–Kier alpha value is -2.15. The summed E-state index contributed by atoms with van der Waals surface area (Å²) in [5, 5.41) is 13.6. The maximum atomic E-state index is 13.1. The maximum absolute atomic E-state index is 13.1. The van der Waals surface area contributed by atoms with E-state index >= 15 is 0 Å². The number of hydrogen-bond donors (Lipinski definition) is 2. The van der Waals surface area contributed by atoms with Gasteiger partial charge in [0.15, 0.2) is 0 Å². The highest BCUT2D eigenvalue weighted by molar-refractivity contribution is 5.61. The summed E-state index contributed by atoms with van der Waals surface area (Å²) in [5.74, 6) is 0.449. The molecular weight excluding hydrogens is 251 g/mol. The van der Waals surface area contributed by atoms with Crippen LogP contribution in [0.4, 0.5) is 16.1 Å². The normalized spacial score (nSPS) is 12.2. The van der Waals surface area contributed by atoms with E-state index in [4.69, 9.17) is 9.15 Å². The van der Waals surface area contributed by atoms with Crippen molar-refractivity contribution in [3.05, 3.63) is 29.9 Å². The summed E-state index contributed by atoms with van der Waals surface area (Å²) in [6.45, 7) is 1.90. The van der Waals surface area contributed by atoms with Crippen molar-refractivity contribution in [2.24, 2.45) is 0 Å². The van der Waals surface area contributed by atoms with Gasteiger partial charge in [-0.2, -0.15) is 0 Å². The molecule has 1 atom stereocenters. The zero-order chi connectivity index (χ0) is 13.8. The molecule has 1 aromatic heterocycles. The van der Waals surface area contributed by atoms with Crippen LogP contribution >= 0.6 is 0 Å². The van der Waals surface area contributed by atoms with Crippen molar-refractivity contribution in [3.8, 4) is 5.75 Å². The minimum Gasteiger partial charge on any atom is -0.494 e. The number of methoxy groups -OCH3 is 1. The second kappa shape index (κ2) is 5.66. The molecule has 2 N–H and O–H groups in total.